The van der Waals surface area contributed by atoms with E-state index in [1.54, 1.807) is 0 Å². The third-order valence-electron chi connectivity index (χ3n) is 8.46. The van der Waals surface area contributed by atoms with Crippen molar-refractivity contribution in [2.75, 3.05) is 0 Å². The Morgan fingerprint density at radius 3 is 1.70 bits per heavy atom. The Hall–Kier alpha value is -6.07. The van der Waals surface area contributed by atoms with E-state index in [1.807, 2.05) is 18.5 Å². The molecule has 9 rings (SSSR count). The fraction of sp³-hybridized carbons (Fsp3) is 0. The molecule has 0 saturated carbocycles. The summed E-state index contributed by atoms with van der Waals surface area (Å²) in [6, 6.07) is 48.5. The zero-order valence-corrected chi connectivity index (χ0v) is 23.7. The van der Waals surface area contributed by atoms with Gasteiger partial charge < -0.3 is 4.57 Å². The Labute approximate surface area is 253 Å². The normalized spacial score (nSPS) is 11.6. The van der Waals surface area contributed by atoms with Crippen LogP contribution in [0.5, 0.6) is 0 Å². The molecule has 44 heavy (non-hydrogen) atoms. The molecule has 5 heteroatoms. The molecule has 0 aliphatic carbocycles. The van der Waals surface area contributed by atoms with E-state index in [9.17, 15) is 0 Å². The molecule has 0 amide bonds. The highest BCUT2D eigenvalue weighted by Gasteiger charge is 2.20. The Morgan fingerprint density at radius 2 is 0.977 bits per heavy atom. The van der Waals surface area contributed by atoms with Crippen molar-refractivity contribution in [2.45, 2.75) is 0 Å². The summed E-state index contributed by atoms with van der Waals surface area (Å²) in [5.74, 6) is 0.639. The minimum absolute atomic E-state index is 0.639. The first kappa shape index (κ1) is 24.5. The van der Waals surface area contributed by atoms with Gasteiger partial charge in [-0.2, -0.15) is 0 Å². The molecule has 0 radical (unpaired) electrons. The van der Waals surface area contributed by atoms with Crippen molar-refractivity contribution in [1.82, 2.24) is 24.1 Å². The number of fused-ring (bicyclic) bond motifs is 6. The van der Waals surface area contributed by atoms with Crippen LogP contribution in [0.1, 0.15) is 0 Å². The topological polar surface area (TPSA) is 48.5 Å². The van der Waals surface area contributed by atoms with Crippen molar-refractivity contribution < 1.29 is 0 Å². The van der Waals surface area contributed by atoms with Crippen LogP contribution in [0.25, 0.3) is 77.8 Å². The van der Waals surface area contributed by atoms with E-state index in [2.05, 4.69) is 148 Å². The van der Waals surface area contributed by atoms with Gasteiger partial charge in [-0.3, -0.25) is 9.55 Å². The summed E-state index contributed by atoms with van der Waals surface area (Å²) in [5.41, 5.74) is 9.22. The highest BCUT2D eigenvalue weighted by molar-refractivity contribution is 6.10. The summed E-state index contributed by atoms with van der Waals surface area (Å²) >= 11 is 0. The molecule has 0 aliphatic heterocycles. The number of aromatic nitrogens is 5. The second kappa shape index (κ2) is 9.75. The molecule has 0 atom stereocenters. The van der Waals surface area contributed by atoms with E-state index in [1.165, 1.54) is 16.2 Å². The molecule has 5 nitrogen and oxygen atoms in total. The summed E-state index contributed by atoms with van der Waals surface area (Å²) < 4.78 is 4.52. The molecule has 0 N–H and O–H groups in total. The number of nitrogens with zero attached hydrogens (tertiary/aromatic N) is 5. The van der Waals surface area contributed by atoms with Crippen LogP contribution in [0, 0.1) is 0 Å². The van der Waals surface area contributed by atoms with Crippen molar-refractivity contribution in [3.05, 3.63) is 152 Å². The minimum Gasteiger partial charge on any atom is -0.308 e. The van der Waals surface area contributed by atoms with Gasteiger partial charge in [-0.25, -0.2) is 9.97 Å². The maximum Gasteiger partial charge on any atom is 0.235 e. The molecular weight excluding hydrogens is 538 g/mol. The van der Waals surface area contributed by atoms with Crippen molar-refractivity contribution in [1.29, 1.82) is 0 Å². The van der Waals surface area contributed by atoms with Crippen molar-refractivity contribution in [2.24, 2.45) is 0 Å². The lowest BCUT2D eigenvalue weighted by atomic mass is 10.1. The van der Waals surface area contributed by atoms with Crippen LogP contribution in [0.15, 0.2) is 152 Å². The van der Waals surface area contributed by atoms with Crippen molar-refractivity contribution >= 4 is 43.6 Å². The quantitative estimate of drug-likeness (QED) is 0.214. The van der Waals surface area contributed by atoms with Gasteiger partial charge in [-0.05, 0) is 36.4 Å². The van der Waals surface area contributed by atoms with Gasteiger partial charge in [0.05, 0.1) is 39.1 Å². The van der Waals surface area contributed by atoms with Crippen molar-refractivity contribution in [3.63, 3.8) is 0 Å². The monoisotopic (exact) mass is 563 g/mol. The third kappa shape index (κ3) is 3.69. The fourth-order valence-electron chi connectivity index (χ4n) is 6.53. The molecular formula is C39H25N5. The molecule has 4 heterocycles. The average molecular weight is 564 g/mol. The standard InChI is InChI=1S/C39H25N5/c1-2-12-26(13-3-1)32-24-33(42-39(41-32)44-35-19-9-4-14-27(35)28-15-5-10-20-36(28)44)30-17-7-11-21-37(30)43-34-18-8-6-16-29(34)31-25-40-23-22-38(31)43/h1-25H. The first-order chi connectivity index (χ1) is 21.8. The van der Waals surface area contributed by atoms with Gasteiger partial charge in [0, 0.05) is 45.1 Å². The Bertz CT molecular complexity index is 2400. The van der Waals surface area contributed by atoms with Crippen molar-refractivity contribution in [3.8, 4) is 34.2 Å². The summed E-state index contributed by atoms with van der Waals surface area (Å²) in [7, 11) is 0. The maximum absolute atomic E-state index is 5.33. The molecule has 0 saturated heterocycles. The second-order valence-electron chi connectivity index (χ2n) is 10.9. The van der Waals surface area contributed by atoms with Gasteiger partial charge in [0.2, 0.25) is 5.95 Å². The van der Waals surface area contributed by atoms with Crippen LogP contribution in [0.2, 0.25) is 0 Å². The van der Waals surface area contributed by atoms with Gasteiger partial charge in [0.15, 0.2) is 0 Å². The first-order valence-electron chi connectivity index (χ1n) is 14.7. The highest BCUT2D eigenvalue weighted by atomic mass is 15.2. The summed E-state index contributed by atoms with van der Waals surface area (Å²) in [6.07, 6.45) is 3.81. The minimum atomic E-state index is 0.639. The SMILES string of the molecule is c1ccc(-c2cc(-c3ccccc3-n3c4ccccc4c4cnccc43)nc(-n3c4ccccc4c4ccccc43)n2)cc1. The number of para-hydroxylation sites is 4. The van der Waals surface area contributed by atoms with E-state index in [-0.39, 0.29) is 0 Å². The molecule has 0 unspecified atom stereocenters. The van der Waals surface area contributed by atoms with Crippen LogP contribution in [0.4, 0.5) is 0 Å². The van der Waals surface area contributed by atoms with Gasteiger partial charge >= 0.3 is 0 Å². The molecule has 206 valence electrons. The molecule has 5 aromatic carbocycles. The van der Waals surface area contributed by atoms with E-state index >= 15 is 0 Å². The lowest BCUT2D eigenvalue weighted by Gasteiger charge is -2.16. The van der Waals surface area contributed by atoms with E-state index < -0.39 is 0 Å². The summed E-state index contributed by atoms with van der Waals surface area (Å²) in [4.78, 5) is 15.0. The van der Waals surface area contributed by atoms with E-state index in [0.717, 1.165) is 55.7 Å². The van der Waals surface area contributed by atoms with Crippen LogP contribution in [0.3, 0.4) is 0 Å². The molecule has 0 spiro atoms. The maximum atomic E-state index is 5.33. The molecule has 0 bridgehead atoms. The lowest BCUT2D eigenvalue weighted by molar-refractivity contribution is 0.994. The fourth-order valence-corrected chi connectivity index (χ4v) is 6.53. The molecule has 0 fully saturated rings. The van der Waals surface area contributed by atoms with Crippen LogP contribution in [-0.2, 0) is 0 Å². The largest absolute Gasteiger partial charge is 0.308 e. The third-order valence-corrected chi connectivity index (χ3v) is 8.46. The molecule has 4 aromatic heterocycles. The smallest absolute Gasteiger partial charge is 0.235 e. The number of rotatable bonds is 4. The van der Waals surface area contributed by atoms with Crippen LogP contribution >= 0.6 is 0 Å². The lowest BCUT2D eigenvalue weighted by Crippen LogP contribution is -2.05. The Kier molecular flexibility index (Phi) is 5.43. The first-order valence-corrected chi connectivity index (χ1v) is 14.7. The van der Waals surface area contributed by atoms with Gasteiger partial charge in [0.25, 0.3) is 0 Å². The predicted octanol–water partition coefficient (Wildman–Crippen LogP) is 9.40. The Balaban J connectivity index is 1.36. The van der Waals surface area contributed by atoms with Gasteiger partial charge in [0.1, 0.15) is 0 Å². The van der Waals surface area contributed by atoms with E-state index in [4.69, 9.17) is 9.97 Å². The molecule has 0 aliphatic rings. The zero-order chi connectivity index (χ0) is 29.0. The number of hydrogen-bond donors (Lipinski definition) is 0. The predicted molar refractivity (Wildman–Crippen MR) is 179 cm³/mol. The second-order valence-corrected chi connectivity index (χ2v) is 10.9. The molecule has 9 aromatic rings. The zero-order valence-electron chi connectivity index (χ0n) is 23.7. The van der Waals surface area contributed by atoms with E-state index in [0.29, 0.717) is 5.95 Å². The number of pyridine rings is 1. The number of hydrogen-bond acceptors (Lipinski definition) is 3. The number of benzene rings is 5. The van der Waals surface area contributed by atoms with Gasteiger partial charge in [-0.1, -0.05) is 103 Å². The van der Waals surface area contributed by atoms with Crippen LogP contribution < -0.4 is 0 Å². The Morgan fingerprint density at radius 1 is 0.432 bits per heavy atom. The van der Waals surface area contributed by atoms with Gasteiger partial charge in [-0.15, -0.1) is 0 Å². The summed E-state index contributed by atoms with van der Waals surface area (Å²) in [5, 5.41) is 4.65. The average Bonchev–Trinajstić information content (AvgIpc) is 3.62. The highest BCUT2D eigenvalue weighted by Crippen LogP contribution is 2.37. The van der Waals surface area contributed by atoms with Crippen LogP contribution in [-0.4, -0.2) is 24.1 Å². The summed E-state index contributed by atoms with van der Waals surface area (Å²) in [6.45, 7) is 0.